The van der Waals surface area contributed by atoms with Crippen LogP contribution in [0.5, 0.6) is 0 Å². The van der Waals surface area contributed by atoms with E-state index in [-0.39, 0.29) is 5.82 Å². The first-order valence-corrected chi connectivity index (χ1v) is 8.16. The van der Waals surface area contributed by atoms with Gasteiger partial charge >= 0.3 is 0 Å². The lowest BCUT2D eigenvalue weighted by molar-refractivity contribution is 0.621. The quantitative estimate of drug-likeness (QED) is 0.685. The predicted octanol–water partition coefficient (Wildman–Crippen LogP) is 4.94. The van der Waals surface area contributed by atoms with Crippen molar-refractivity contribution in [3.63, 3.8) is 0 Å². The van der Waals surface area contributed by atoms with Gasteiger partial charge in [0.25, 0.3) is 0 Å². The first-order valence-electron chi connectivity index (χ1n) is 6.55. The maximum atomic E-state index is 13.4. The SMILES string of the molecule is CNCc1cc(F)ccc1Sc1c[nH]c2ccc(Br)cc12. The van der Waals surface area contributed by atoms with Crippen molar-refractivity contribution in [3.05, 3.63) is 58.4 Å². The minimum atomic E-state index is -0.203. The van der Waals surface area contributed by atoms with Gasteiger partial charge in [0.1, 0.15) is 5.82 Å². The topological polar surface area (TPSA) is 27.8 Å². The van der Waals surface area contributed by atoms with Crippen molar-refractivity contribution in [3.8, 4) is 0 Å². The molecule has 0 unspecified atom stereocenters. The summed E-state index contributed by atoms with van der Waals surface area (Å²) in [5, 5.41) is 4.24. The predicted molar refractivity (Wildman–Crippen MR) is 89.3 cm³/mol. The van der Waals surface area contributed by atoms with E-state index in [9.17, 15) is 4.39 Å². The van der Waals surface area contributed by atoms with Crippen LogP contribution in [0, 0.1) is 5.82 Å². The van der Waals surface area contributed by atoms with E-state index in [1.165, 1.54) is 6.07 Å². The number of H-pyrrole nitrogens is 1. The second kappa shape index (κ2) is 6.22. The number of halogens is 2. The van der Waals surface area contributed by atoms with Crippen LogP contribution in [0.25, 0.3) is 10.9 Å². The van der Waals surface area contributed by atoms with Crippen LogP contribution in [0.15, 0.2) is 56.9 Å². The van der Waals surface area contributed by atoms with E-state index < -0.39 is 0 Å². The molecule has 0 fully saturated rings. The third kappa shape index (κ3) is 3.15. The number of hydrogen-bond acceptors (Lipinski definition) is 2. The Kier molecular flexibility index (Phi) is 4.33. The minimum absolute atomic E-state index is 0.203. The van der Waals surface area contributed by atoms with Crippen LogP contribution in [-0.4, -0.2) is 12.0 Å². The summed E-state index contributed by atoms with van der Waals surface area (Å²) in [6.45, 7) is 0.645. The molecule has 0 amide bonds. The van der Waals surface area contributed by atoms with Crippen molar-refractivity contribution in [2.24, 2.45) is 0 Å². The summed E-state index contributed by atoms with van der Waals surface area (Å²) in [6.07, 6.45) is 1.99. The van der Waals surface area contributed by atoms with E-state index in [0.717, 1.165) is 30.7 Å². The van der Waals surface area contributed by atoms with E-state index in [4.69, 9.17) is 0 Å². The Bertz CT molecular complexity index is 785. The fourth-order valence-electron chi connectivity index (χ4n) is 2.25. The van der Waals surface area contributed by atoms with Crippen LogP contribution in [-0.2, 0) is 6.54 Å². The van der Waals surface area contributed by atoms with Gasteiger partial charge in [-0.05, 0) is 49.0 Å². The molecule has 0 aliphatic heterocycles. The summed E-state index contributed by atoms with van der Waals surface area (Å²) in [5.41, 5.74) is 2.06. The van der Waals surface area contributed by atoms with Crippen LogP contribution in [0.2, 0.25) is 0 Å². The molecule has 0 aliphatic carbocycles. The lowest BCUT2D eigenvalue weighted by Crippen LogP contribution is -2.06. The summed E-state index contributed by atoms with van der Waals surface area (Å²) >= 11 is 5.15. The smallest absolute Gasteiger partial charge is 0.123 e. The highest BCUT2D eigenvalue weighted by atomic mass is 79.9. The summed E-state index contributed by atoms with van der Waals surface area (Å²) in [7, 11) is 1.86. The van der Waals surface area contributed by atoms with Gasteiger partial charge in [-0.1, -0.05) is 27.7 Å². The molecule has 1 heterocycles. The van der Waals surface area contributed by atoms with Gasteiger partial charge in [-0.3, -0.25) is 0 Å². The Labute approximate surface area is 135 Å². The van der Waals surface area contributed by atoms with Crippen molar-refractivity contribution < 1.29 is 4.39 Å². The van der Waals surface area contributed by atoms with E-state index in [2.05, 4.69) is 32.3 Å². The number of nitrogens with one attached hydrogen (secondary N) is 2. The fourth-order valence-corrected chi connectivity index (χ4v) is 3.64. The molecule has 0 radical (unpaired) electrons. The lowest BCUT2D eigenvalue weighted by atomic mass is 10.2. The molecule has 3 rings (SSSR count). The molecule has 2 N–H and O–H groups in total. The average Bonchev–Trinajstić information content (AvgIpc) is 2.84. The average molecular weight is 365 g/mol. The summed E-state index contributed by atoms with van der Waals surface area (Å²) in [6, 6.07) is 11.1. The Morgan fingerprint density at radius 3 is 2.86 bits per heavy atom. The number of benzene rings is 2. The van der Waals surface area contributed by atoms with Crippen molar-refractivity contribution >= 4 is 38.6 Å². The molecule has 0 bridgehead atoms. The Hall–Kier alpha value is -1.30. The van der Waals surface area contributed by atoms with Crippen LogP contribution < -0.4 is 5.32 Å². The first-order chi connectivity index (χ1) is 10.2. The van der Waals surface area contributed by atoms with Gasteiger partial charge in [-0.25, -0.2) is 4.39 Å². The lowest BCUT2D eigenvalue weighted by Gasteiger charge is -2.08. The molecule has 5 heteroatoms. The largest absolute Gasteiger partial charge is 0.360 e. The van der Waals surface area contributed by atoms with Crippen molar-refractivity contribution in [1.29, 1.82) is 0 Å². The van der Waals surface area contributed by atoms with Crippen LogP contribution in [0.1, 0.15) is 5.56 Å². The number of aromatic nitrogens is 1. The number of fused-ring (bicyclic) bond motifs is 1. The van der Waals surface area contributed by atoms with Crippen molar-refractivity contribution in [2.75, 3.05) is 7.05 Å². The van der Waals surface area contributed by atoms with E-state index >= 15 is 0 Å². The second-order valence-electron chi connectivity index (χ2n) is 4.73. The van der Waals surface area contributed by atoms with Gasteiger partial charge in [-0.15, -0.1) is 0 Å². The van der Waals surface area contributed by atoms with Crippen LogP contribution in [0.3, 0.4) is 0 Å². The van der Waals surface area contributed by atoms with Gasteiger partial charge in [-0.2, -0.15) is 0 Å². The van der Waals surface area contributed by atoms with E-state index in [0.29, 0.717) is 6.54 Å². The molecule has 2 nitrogen and oxygen atoms in total. The number of aromatic amines is 1. The number of rotatable bonds is 4. The highest BCUT2D eigenvalue weighted by Gasteiger charge is 2.10. The monoisotopic (exact) mass is 364 g/mol. The molecule has 0 saturated heterocycles. The number of hydrogen-bond donors (Lipinski definition) is 2. The zero-order valence-electron chi connectivity index (χ0n) is 11.4. The minimum Gasteiger partial charge on any atom is -0.360 e. The molecule has 0 aliphatic rings. The Morgan fingerprint density at radius 2 is 2.05 bits per heavy atom. The second-order valence-corrected chi connectivity index (χ2v) is 6.73. The molecule has 21 heavy (non-hydrogen) atoms. The molecular weight excluding hydrogens is 351 g/mol. The Morgan fingerprint density at radius 1 is 1.19 bits per heavy atom. The molecule has 2 aromatic carbocycles. The third-order valence-electron chi connectivity index (χ3n) is 3.22. The van der Waals surface area contributed by atoms with Crippen LogP contribution in [0.4, 0.5) is 4.39 Å². The summed E-state index contributed by atoms with van der Waals surface area (Å²) in [4.78, 5) is 5.46. The molecule has 0 saturated carbocycles. The Balaban J connectivity index is 2.00. The van der Waals surface area contributed by atoms with Gasteiger partial charge < -0.3 is 10.3 Å². The normalized spacial score (nSPS) is 11.2. The van der Waals surface area contributed by atoms with Crippen LogP contribution >= 0.6 is 27.7 Å². The fraction of sp³-hybridized carbons (Fsp3) is 0.125. The van der Waals surface area contributed by atoms with Crippen molar-refractivity contribution in [1.82, 2.24) is 10.3 Å². The van der Waals surface area contributed by atoms with Gasteiger partial charge in [0.05, 0.1) is 0 Å². The van der Waals surface area contributed by atoms with E-state index in [1.54, 1.807) is 17.8 Å². The molecule has 0 atom stereocenters. The summed E-state index contributed by atoms with van der Waals surface area (Å²) in [5.74, 6) is -0.203. The molecular formula is C16H14BrFN2S. The van der Waals surface area contributed by atoms with Crippen molar-refractivity contribution in [2.45, 2.75) is 16.3 Å². The molecule has 3 aromatic rings. The molecule has 0 spiro atoms. The zero-order valence-corrected chi connectivity index (χ0v) is 13.8. The maximum absolute atomic E-state index is 13.4. The highest BCUT2D eigenvalue weighted by Crippen LogP contribution is 2.36. The first kappa shape index (κ1) is 14.6. The highest BCUT2D eigenvalue weighted by molar-refractivity contribution is 9.10. The van der Waals surface area contributed by atoms with Gasteiger partial charge in [0.15, 0.2) is 0 Å². The standard InChI is InChI=1S/C16H14BrFN2S/c1-19-8-10-6-12(18)3-5-15(10)21-16-9-20-14-4-2-11(17)7-13(14)16/h2-7,9,19-20H,8H2,1H3. The zero-order chi connectivity index (χ0) is 14.8. The summed E-state index contributed by atoms with van der Waals surface area (Å²) < 4.78 is 14.5. The maximum Gasteiger partial charge on any atom is 0.123 e. The molecule has 1 aromatic heterocycles. The van der Waals surface area contributed by atoms with Gasteiger partial charge in [0, 0.05) is 37.9 Å². The molecule has 108 valence electrons. The third-order valence-corrected chi connectivity index (χ3v) is 4.88. The van der Waals surface area contributed by atoms with Gasteiger partial charge in [0.2, 0.25) is 0 Å². The van der Waals surface area contributed by atoms with E-state index in [1.807, 2.05) is 31.4 Å².